The van der Waals surface area contributed by atoms with Crippen LogP contribution < -0.4 is 5.32 Å². The summed E-state index contributed by atoms with van der Waals surface area (Å²) in [4.78, 5) is 16.7. The Morgan fingerprint density at radius 1 is 1.27 bits per heavy atom. The molecule has 0 aliphatic rings. The topological polar surface area (TPSA) is 59.8 Å². The lowest BCUT2D eigenvalue weighted by molar-refractivity contribution is 0.101. The van der Waals surface area contributed by atoms with E-state index in [1.54, 1.807) is 19.3 Å². The van der Waals surface area contributed by atoms with Crippen LogP contribution in [0.1, 0.15) is 21.6 Å². The van der Waals surface area contributed by atoms with Crippen LogP contribution in [0.4, 0.5) is 5.13 Å². The summed E-state index contributed by atoms with van der Waals surface area (Å²) in [6.07, 6.45) is 1.60. The fourth-order valence-electron chi connectivity index (χ4n) is 2.31. The number of aryl methyl sites for hydroxylation is 3. The zero-order chi connectivity index (χ0) is 15.7. The van der Waals surface area contributed by atoms with Crippen molar-refractivity contribution in [2.45, 2.75) is 13.8 Å². The maximum absolute atomic E-state index is 12.1. The SMILES string of the molecule is Cc1ccc(-c2csc(NC(=O)c3ccnn3C)n2)c(C)c1. The van der Waals surface area contributed by atoms with E-state index in [9.17, 15) is 4.79 Å². The average molecular weight is 312 g/mol. The number of thiazole rings is 1. The molecule has 3 aromatic rings. The van der Waals surface area contributed by atoms with Crippen molar-refractivity contribution >= 4 is 22.4 Å². The van der Waals surface area contributed by atoms with Gasteiger partial charge in [0.05, 0.1) is 5.69 Å². The summed E-state index contributed by atoms with van der Waals surface area (Å²) >= 11 is 1.42. The second-order valence-electron chi connectivity index (χ2n) is 5.15. The van der Waals surface area contributed by atoms with Gasteiger partial charge in [0.15, 0.2) is 5.13 Å². The molecule has 0 spiro atoms. The summed E-state index contributed by atoms with van der Waals surface area (Å²) in [7, 11) is 1.73. The predicted molar refractivity (Wildman–Crippen MR) is 88.2 cm³/mol. The van der Waals surface area contributed by atoms with Gasteiger partial charge < -0.3 is 0 Å². The van der Waals surface area contributed by atoms with E-state index in [0.29, 0.717) is 10.8 Å². The van der Waals surface area contributed by atoms with E-state index in [1.807, 2.05) is 5.38 Å². The van der Waals surface area contributed by atoms with Crippen LogP contribution in [0.5, 0.6) is 0 Å². The molecule has 0 radical (unpaired) electrons. The normalized spacial score (nSPS) is 10.7. The summed E-state index contributed by atoms with van der Waals surface area (Å²) in [6.45, 7) is 4.13. The van der Waals surface area contributed by atoms with Gasteiger partial charge in [-0.3, -0.25) is 14.8 Å². The number of hydrogen-bond donors (Lipinski definition) is 1. The van der Waals surface area contributed by atoms with Crippen LogP contribution in [0, 0.1) is 13.8 Å². The first-order valence-corrected chi connectivity index (χ1v) is 7.75. The van der Waals surface area contributed by atoms with Crippen molar-refractivity contribution in [3.63, 3.8) is 0 Å². The molecule has 0 bridgehead atoms. The van der Waals surface area contributed by atoms with Crippen molar-refractivity contribution < 1.29 is 4.79 Å². The van der Waals surface area contributed by atoms with Crippen LogP contribution in [-0.2, 0) is 7.05 Å². The highest BCUT2D eigenvalue weighted by atomic mass is 32.1. The second-order valence-corrected chi connectivity index (χ2v) is 6.01. The van der Waals surface area contributed by atoms with E-state index < -0.39 is 0 Å². The Labute approximate surface area is 132 Å². The van der Waals surface area contributed by atoms with E-state index in [2.05, 4.69) is 47.4 Å². The molecule has 3 rings (SSSR count). The Kier molecular flexibility index (Phi) is 3.77. The van der Waals surface area contributed by atoms with Gasteiger partial charge in [0.2, 0.25) is 0 Å². The van der Waals surface area contributed by atoms with Crippen molar-refractivity contribution in [3.8, 4) is 11.3 Å². The van der Waals surface area contributed by atoms with Crippen LogP contribution in [0.3, 0.4) is 0 Å². The highest BCUT2D eigenvalue weighted by molar-refractivity contribution is 7.14. The lowest BCUT2D eigenvalue weighted by Crippen LogP contribution is -2.15. The summed E-state index contributed by atoms with van der Waals surface area (Å²) in [6, 6.07) is 7.93. The lowest BCUT2D eigenvalue weighted by atomic mass is 10.0. The minimum absolute atomic E-state index is 0.207. The van der Waals surface area contributed by atoms with E-state index in [0.717, 1.165) is 11.3 Å². The zero-order valence-electron chi connectivity index (χ0n) is 12.6. The molecule has 1 amide bonds. The van der Waals surface area contributed by atoms with Gasteiger partial charge in [0, 0.05) is 24.2 Å². The first-order valence-electron chi connectivity index (χ1n) is 6.87. The predicted octanol–water partition coefficient (Wildman–Crippen LogP) is 3.41. The molecule has 1 aromatic carbocycles. The number of carbonyl (C=O) groups excluding carboxylic acids is 1. The van der Waals surface area contributed by atoms with Crippen molar-refractivity contribution in [2.75, 3.05) is 5.32 Å². The Hall–Kier alpha value is -2.47. The minimum atomic E-state index is -0.207. The van der Waals surface area contributed by atoms with Crippen LogP contribution in [0.25, 0.3) is 11.3 Å². The number of amides is 1. The number of benzene rings is 1. The van der Waals surface area contributed by atoms with Crippen molar-refractivity contribution in [1.82, 2.24) is 14.8 Å². The largest absolute Gasteiger partial charge is 0.296 e. The van der Waals surface area contributed by atoms with Gasteiger partial charge in [-0.25, -0.2) is 4.98 Å². The molecule has 0 aliphatic heterocycles. The number of nitrogens with zero attached hydrogens (tertiary/aromatic N) is 3. The Balaban J connectivity index is 1.82. The first-order chi connectivity index (χ1) is 10.5. The van der Waals surface area contributed by atoms with E-state index in [4.69, 9.17) is 0 Å². The van der Waals surface area contributed by atoms with Crippen LogP contribution in [0.15, 0.2) is 35.8 Å². The molecule has 1 N–H and O–H groups in total. The summed E-state index contributed by atoms with van der Waals surface area (Å²) < 4.78 is 1.54. The standard InChI is InChI=1S/C16H16N4OS/c1-10-4-5-12(11(2)8-10)13-9-22-16(18-13)19-15(21)14-6-7-17-20(14)3/h4-9H,1-3H3,(H,18,19,21). The molecule has 6 heteroatoms. The number of aromatic nitrogens is 3. The van der Waals surface area contributed by atoms with Crippen molar-refractivity contribution in [1.29, 1.82) is 0 Å². The van der Waals surface area contributed by atoms with E-state index >= 15 is 0 Å². The molecular formula is C16H16N4OS. The summed E-state index contributed by atoms with van der Waals surface area (Å²) in [5, 5.41) is 9.34. The smallest absolute Gasteiger partial charge is 0.275 e. The number of hydrogen-bond acceptors (Lipinski definition) is 4. The summed E-state index contributed by atoms with van der Waals surface area (Å²) in [5.41, 5.74) is 4.87. The average Bonchev–Trinajstić information content (AvgIpc) is 3.08. The molecule has 5 nitrogen and oxygen atoms in total. The number of rotatable bonds is 3. The van der Waals surface area contributed by atoms with Gasteiger partial charge in [-0.05, 0) is 25.5 Å². The van der Waals surface area contributed by atoms with Crippen LogP contribution in [0.2, 0.25) is 0 Å². The number of carbonyl (C=O) groups is 1. The maximum atomic E-state index is 12.1. The van der Waals surface area contributed by atoms with Gasteiger partial charge in [-0.2, -0.15) is 5.10 Å². The molecule has 0 saturated heterocycles. The maximum Gasteiger partial charge on any atom is 0.275 e. The molecule has 0 fully saturated rings. The Bertz CT molecular complexity index is 834. The highest BCUT2D eigenvalue weighted by Crippen LogP contribution is 2.28. The monoisotopic (exact) mass is 312 g/mol. The number of nitrogens with one attached hydrogen (secondary N) is 1. The van der Waals surface area contributed by atoms with Gasteiger partial charge in [0.25, 0.3) is 5.91 Å². The minimum Gasteiger partial charge on any atom is -0.296 e. The van der Waals surface area contributed by atoms with Gasteiger partial charge in [0.1, 0.15) is 5.69 Å². The van der Waals surface area contributed by atoms with E-state index in [1.165, 1.54) is 27.1 Å². The molecule has 2 aromatic heterocycles. The van der Waals surface area contributed by atoms with E-state index in [-0.39, 0.29) is 5.91 Å². The Morgan fingerprint density at radius 3 is 2.77 bits per heavy atom. The summed E-state index contributed by atoms with van der Waals surface area (Å²) in [5.74, 6) is -0.207. The molecule has 112 valence electrons. The molecule has 22 heavy (non-hydrogen) atoms. The van der Waals surface area contributed by atoms with Gasteiger partial charge in [-0.15, -0.1) is 11.3 Å². The fraction of sp³-hybridized carbons (Fsp3) is 0.188. The third-order valence-electron chi connectivity index (χ3n) is 3.44. The molecule has 0 atom stereocenters. The first kappa shape index (κ1) is 14.5. The molecule has 0 unspecified atom stereocenters. The quantitative estimate of drug-likeness (QED) is 0.806. The highest BCUT2D eigenvalue weighted by Gasteiger charge is 2.13. The van der Waals surface area contributed by atoms with Crippen LogP contribution in [-0.4, -0.2) is 20.7 Å². The third-order valence-corrected chi connectivity index (χ3v) is 4.19. The van der Waals surface area contributed by atoms with Crippen molar-refractivity contribution in [3.05, 3.63) is 52.7 Å². The van der Waals surface area contributed by atoms with Gasteiger partial charge in [-0.1, -0.05) is 23.8 Å². The molecular weight excluding hydrogens is 296 g/mol. The fourth-order valence-corrected chi connectivity index (χ4v) is 3.02. The lowest BCUT2D eigenvalue weighted by Gasteiger charge is -2.04. The van der Waals surface area contributed by atoms with Crippen LogP contribution >= 0.6 is 11.3 Å². The second kappa shape index (κ2) is 5.73. The molecule has 0 aliphatic carbocycles. The van der Waals surface area contributed by atoms with Gasteiger partial charge >= 0.3 is 0 Å². The Morgan fingerprint density at radius 2 is 2.09 bits per heavy atom. The van der Waals surface area contributed by atoms with Crippen molar-refractivity contribution in [2.24, 2.45) is 7.05 Å². The zero-order valence-corrected chi connectivity index (χ0v) is 13.4. The molecule has 0 saturated carbocycles. The third kappa shape index (κ3) is 2.78. The number of anilines is 1. The molecule has 2 heterocycles.